The highest BCUT2D eigenvalue weighted by molar-refractivity contribution is 7.22. The van der Waals surface area contributed by atoms with Gasteiger partial charge in [0.1, 0.15) is 5.76 Å². The van der Waals surface area contributed by atoms with E-state index in [1.165, 1.54) is 11.3 Å². The van der Waals surface area contributed by atoms with Crippen molar-refractivity contribution in [1.29, 1.82) is 0 Å². The smallest absolute Gasteiger partial charge is 0.235 e. The van der Waals surface area contributed by atoms with Crippen molar-refractivity contribution in [1.82, 2.24) is 9.97 Å². The molecule has 3 heterocycles. The zero-order valence-corrected chi connectivity index (χ0v) is 18.1. The summed E-state index contributed by atoms with van der Waals surface area (Å²) < 4.78 is 12.7. The Morgan fingerprint density at radius 1 is 1.13 bits per heavy atom. The number of ether oxygens (including phenoxy) is 1. The third-order valence-electron chi connectivity index (χ3n) is 5.46. The highest BCUT2D eigenvalue weighted by atomic mass is 32.1. The van der Waals surface area contributed by atoms with Crippen molar-refractivity contribution in [2.24, 2.45) is 0 Å². The fourth-order valence-corrected chi connectivity index (χ4v) is 4.78. The summed E-state index contributed by atoms with van der Waals surface area (Å²) in [5.74, 6) is 1.14. The summed E-state index contributed by atoms with van der Waals surface area (Å²) in [7, 11) is 0. The maximum absolute atomic E-state index is 13.4. The molecule has 6 nitrogen and oxygen atoms in total. The molecule has 1 atom stereocenters. The second kappa shape index (κ2) is 8.61. The molecule has 7 heteroatoms. The lowest BCUT2D eigenvalue weighted by molar-refractivity contribution is -0.118. The Bertz CT molecular complexity index is 1160. The number of rotatable bonds is 6. The van der Waals surface area contributed by atoms with E-state index in [9.17, 15) is 4.79 Å². The normalized spacial score (nSPS) is 16.1. The fraction of sp³-hybridized carbons (Fsp3) is 0.292. The van der Waals surface area contributed by atoms with Gasteiger partial charge in [0.25, 0.3) is 0 Å². The number of para-hydroxylation sites is 1. The SMILES string of the molecule is Cc1oc(-c2ccccc2)nc1CC(=O)N(CC1CCCO1)c1nc2ccccc2s1. The number of hydrogen-bond acceptors (Lipinski definition) is 6. The van der Waals surface area contributed by atoms with Gasteiger partial charge in [-0.15, -0.1) is 0 Å². The average Bonchev–Trinajstić information content (AvgIpc) is 3.53. The first kappa shape index (κ1) is 19.9. The van der Waals surface area contributed by atoms with Crippen LogP contribution in [0.3, 0.4) is 0 Å². The molecule has 0 radical (unpaired) electrons. The number of oxazole rings is 1. The van der Waals surface area contributed by atoms with Crippen LogP contribution in [0, 0.1) is 6.92 Å². The van der Waals surface area contributed by atoms with Crippen LogP contribution in [0.15, 0.2) is 59.0 Å². The molecule has 2 aromatic heterocycles. The molecule has 158 valence electrons. The van der Waals surface area contributed by atoms with E-state index in [-0.39, 0.29) is 18.4 Å². The van der Waals surface area contributed by atoms with Crippen molar-refractivity contribution in [3.05, 3.63) is 66.1 Å². The zero-order valence-electron chi connectivity index (χ0n) is 17.3. The summed E-state index contributed by atoms with van der Waals surface area (Å²) in [6, 6.07) is 17.7. The lowest BCUT2D eigenvalue weighted by Gasteiger charge is -2.22. The van der Waals surface area contributed by atoms with E-state index in [4.69, 9.17) is 14.1 Å². The largest absolute Gasteiger partial charge is 0.441 e. The molecule has 31 heavy (non-hydrogen) atoms. The van der Waals surface area contributed by atoms with Crippen molar-refractivity contribution in [3.63, 3.8) is 0 Å². The zero-order chi connectivity index (χ0) is 21.2. The van der Waals surface area contributed by atoms with Crippen LogP contribution < -0.4 is 4.90 Å². The number of nitrogens with zero attached hydrogens (tertiary/aromatic N) is 3. The van der Waals surface area contributed by atoms with Gasteiger partial charge in [-0.2, -0.15) is 0 Å². The summed E-state index contributed by atoms with van der Waals surface area (Å²) in [5.41, 5.74) is 2.45. The average molecular weight is 434 g/mol. The second-order valence-corrected chi connectivity index (χ2v) is 8.68. The number of anilines is 1. The maximum atomic E-state index is 13.4. The van der Waals surface area contributed by atoms with E-state index in [1.807, 2.05) is 61.5 Å². The molecular weight excluding hydrogens is 410 g/mol. The molecule has 0 bridgehead atoms. The van der Waals surface area contributed by atoms with Crippen LogP contribution in [0.4, 0.5) is 5.13 Å². The lowest BCUT2D eigenvalue weighted by Crippen LogP contribution is -2.38. The molecule has 0 spiro atoms. The predicted octanol–water partition coefficient (Wildman–Crippen LogP) is 5.01. The monoisotopic (exact) mass is 433 g/mol. The van der Waals surface area contributed by atoms with Crippen molar-refractivity contribution in [3.8, 4) is 11.5 Å². The van der Waals surface area contributed by atoms with E-state index < -0.39 is 0 Å². The number of benzene rings is 2. The molecule has 1 fully saturated rings. The topological polar surface area (TPSA) is 68.5 Å². The molecule has 0 aliphatic carbocycles. The number of hydrogen-bond donors (Lipinski definition) is 0. The quantitative estimate of drug-likeness (QED) is 0.427. The van der Waals surface area contributed by atoms with Gasteiger partial charge in [0.2, 0.25) is 11.8 Å². The predicted molar refractivity (Wildman–Crippen MR) is 121 cm³/mol. The molecule has 2 aromatic carbocycles. The van der Waals surface area contributed by atoms with E-state index in [0.29, 0.717) is 29.0 Å². The van der Waals surface area contributed by atoms with E-state index in [0.717, 1.165) is 35.2 Å². The van der Waals surface area contributed by atoms with Gasteiger partial charge in [0, 0.05) is 12.2 Å². The van der Waals surface area contributed by atoms with E-state index >= 15 is 0 Å². The molecule has 1 saturated heterocycles. The molecular formula is C24H23N3O3S. The molecule has 1 aliphatic rings. The minimum atomic E-state index is -0.0504. The Balaban J connectivity index is 1.42. The first-order valence-corrected chi connectivity index (χ1v) is 11.3. The van der Waals surface area contributed by atoms with Crippen molar-refractivity contribution < 1.29 is 13.9 Å². The number of carbonyl (C=O) groups excluding carboxylic acids is 1. The third kappa shape index (κ3) is 4.24. The van der Waals surface area contributed by atoms with E-state index in [1.54, 1.807) is 4.90 Å². The summed E-state index contributed by atoms with van der Waals surface area (Å²) in [6.07, 6.45) is 2.17. The summed E-state index contributed by atoms with van der Waals surface area (Å²) in [6.45, 7) is 3.10. The van der Waals surface area contributed by atoms with Crippen LogP contribution in [0.5, 0.6) is 0 Å². The minimum Gasteiger partial charge on any atom is -0.441 e. The number of amides is 1. The number of aromatic nitrogens is 2. The van der Waals surface area contributed by atoms with Crippen molar-refractivity contribution in [2.75, 3.05) is 18.1 Å². The Labute approximate surface area is 184 Å². The van der Waals surface area contributed by atoms with Crippen LogP contribution in [-0.4, -0.2) is 35.1 Å². The Hall–Kier alpha value is -3.03. The highest BCUT2D eigenvalue weighted by Gasteiger charge is 2.27. The van der Waals surface area contributed by atoms with Gasteiger partial charge < -0.3 is 9.15 Å². The van der Waals surface area contributed by atoms with Gasteiger partial charge in [-0.1, -0.05) is 41.7 Å². The van der Waals surface area contributed by atoms with Gasteiger partial charge >= 0.3 is 0 Å². The van der Waals surface area contributed by atoms with Gasteiger partial charge in [-0.25, -0.2) is 9.97 Å². The summed E-state index contributed by atoms with van der Waals surface area (Å²) in [4.78, 5) is 24.5. The summed E-state index contributed by atoms with van der Waals surface area (Å²) >= 11 is 1.53. The fourth-order valence-electron chi connectivity index (χ4n) is 3.79. The molecule has 0 N–H and O–H groups in total. The Kier molecular flexibility index (Phi) is 5.53. The number of thiazole rings is 1. The lowest BCUT2D eigenvalue weighted by atomic mass is 10.2. The summed E-state index contributed by atoms with van der Waals surface area (Å²) in [5, 5.41) is 0.700. The Morgan fingerprint density at radius 3 is 2.71 bits per heavy atom. The molecule has 1 unspecified atom stereocenters. The van der Waals surface area contributed by atoms with Gasteiger partial charge in [0.15, 0.2) is 5.13 Å². The van der Waals surface area contributed by atoms with Crippen LogP contribution in [0.25, 0.3) is 21.7 Å². The highest BCUT2D eigenvalue weighted by Crippen LogP contribution is 2.30. The third-order valence-corrected chi connectivity index (χ3v) is 6.52. The molecule has 1 amide bonds. The number of carbonyl (C=O) groups is 1. The van der Waals surface area contributed by atoms with Crippen LogP contribution >= 0.6 is 11.3 Å². The van der Waals surface area contributed by atoms with Crippen LogP contribution in [-0.2, 0) is 16.0 Å². The molecule has 1 aliphatic heterocycles. The number of fused-ring (bicyclic) bond motifs is 1. The molecule has 0 saturated carbocycles. The second-order valence-electron chi connectivity index (χ2n) is 7.67. The van der Waals surface area contributed by atoms with E-state index in [2.05, 4.69) is 4.98 Å². The minimum absolute atomic E-state index is 0.0363. The van der Waals surface area contributed by atoms with Gasteiger partial charge in [-0.3, -0.25) is 9.69 Å². The van der Waals surface area contributed by atoms with Crippen molar-refractivity contribution in [2.45, 2.75) is 32.3 Å². The number of aryl methyl sites for hydroxylation is 1. The van der Waals surface area contributed by atoms with Crippen LogP contribution in [0.1, 0.15) is 24.3 Å². The maximum Gasteiger partial charge on any atom is 0.235 e. The Morgan fingerprint density at radius 2 is 1.94 bits per heavy atom. The first-order valence-electron chi connectivity index (χ1n) is 10.5. The van der Waals surface area contributed by atoms with Crippen LogP contribution in [0.2, 0.25) is 0 Å². The molecule has 5 rings (SSSR count). The van der Waals surface area contributed by atoms with Gasteiger partial charge in [0.05, 0.1) is 35.0 Å². The van der Waals surface area contributed by atoms with Crippen molar-refractivity contribution >= 4 is 32.6 Å². The van der Waals surface area contributed by atoms with Gasteiger partial charge in [-0.05, 0) is 44.0 Å². The first-order chi connectivity index (χ1) is 15.2. The molecule has 4 aromatic rings. The standard InChI is InChI=1S/C24H23N3O3S/c1-16-20(25-23(30-16)17-8-3-2-4-9-17)14-22(28)27(15-18-10-7-13-29-18)24-26-19-11-5-6-12-21(19)31-24/h2-6,8-9,11-12,18H,7,10,13-15H2,1H3.